The Kier molecular flexibility index (Phi) is 7.32. The van der Waals surface area contributed by atoms with E-state index < -0.39 is 44.8 Å². The molecule has 1 aliphatic carbocycles. The van der Waals surface area contributed by atoms with Gasteiger partial charge in [0.25, 0.3) is 5.91 Å². The van der Waals surface area contributed by atoms with Crippen LogP contribution in [0.25, 0.3) is 0 Å². The number of rotatable bonds is 7. The van der Waals surface area contributed by atoms with Gasteiger partial charge in [-0.3, -0.25) is 9.59 Å². The van der Waals surface area contributed by atoms with Crippen LogP contribution in [0.15, 0.2) is 29.2 Å². The van der Waals surface area contributed by atoms with Crippen LogP contribution in [0.3, 0.4) is 0 Å². The summed E-state index contributed by atoms with van der Waals surface area (Å²) in [7, 11) is -4.24. The Hall–Kier alpha value is -2.00. The zero-order valence-electron chi connectivity index (χ0n) is 15.4. The molecular weight excluding hydrogens is 375 g/mol. The zero-order chi connectivity index (χ0) is 20.0. The van der Waals surface area contributed by atoms with Crippen LogP contribution in [-0.4, -0.2) is 38.5 Å². The largest absolute Gasteiger partial charge is 0.451 e. The molecule has 1 amide bonds. The van der Waals surface area contributed by atoms with Crippen molar-refractivity contribution in [3.05, 3.63) is 30.1 Å². The van der Waals surface area contributed by atoms with Crippen molar-refractivity contribution in [2.24, 2.45) is 0 Å². The second-order valence-electron chi connectivity index (χ2n) is 6.70. The van der Waals surface area contributed by atoms with Crippen molar-refractivity contribution in [1.82, 2.24) is 10.0 Å². The molecule has 9 heteroatoms. The third-order valence-corrected chi connectivity index (χ3v) is 6.00. The van der Waals surface area contributed by atoms with E-state index in [1.807, 2.05) is 0 Å². The van der Waals surface area contributed by atoms with E-state index in [1.54, 1.807) is 0 Å². The average Bonchev–Trinajstić information content (AvgIpc) is 2.62. The minimum Gasteiger partial charge on any atom is -0.451 e. The highest BCUT2D eigenvalue weighted by molar-refractivity contribution is 7.89. The predicted molar refractivity (Wildman–Crippen MR) is 96.8 cm³/mol. The number of ether oxygens (including phenoxy) is 1. The Morgan fingerprint density at radius 3 is 2.41 bits per heavy atom. The number of amides is 1. The van der Waals surface area contributed by atoms with E-state index in [-0.39, 0.29) is 6.04 Å². The van der Waals surface area contributed by atoms with Gasteiger partial charge in [-0.05, 0) is 38.8 Å². The average molecular weight is 400 g/mol. The normalized spacial score (nSPS) is 17.7. The molecule has 150 valence electrons. The van der Waals surface area contributed by atoms with E-state index in [0.717, 1.165) is 44.2 Å². The maximum Gasteiger partial charge on any atom is 0.324 e. The standard InChI is InChI=1S/C18H25FN2O5S/c1-12(21-27(24,25)16-11-7-6-10-15(16)19)18(23)26-13(2)17(22)20-14-8-4-3-5-9-14/h6-7,10-14,21H,3-5,8-9H2,1-2H3,(H,20,22)/t12-,13+/m0/s1. The van der Waals surface area contributed by atoms with Crippen molar-refractivity contribution in [2.75, 3.05) is 0 Å². The third-order valence-electron chi connectivity index (χ3n) is 4.43. The van der Waals surface area contributed by atoms with Gasteiger partial charge in [0.2, 0.25) is 10.0 Å². The molecule has 1 fully saturated rings. The summed E-state index contributed by atoms with van der Waals surface area (Å²) in [5, 5.41) is 2.84. The van der Waals surface area contributed by atoms with Crippen LogP contribution in [0, 0.1) is 5.82 Å². The zero-order valence-corrected chi connectivity index (χ0v) is 16.2. The molecule has 7 nitrogen and oxygen atoms in total. The van der Waals surface area contributed by atoms with Crippen molar-refractivity contribution in [3.8, 4) is 0 Å². The lowest BCUT2D eigenvalue weighted by molar-refractivity contribution is -0.156. The number of hydrogen-bond donors (Lipinski definition) is 2. The maximum atomic E-state index is 13.7. The van der Waals surface area contributed by atoms with Gasteiger partial charge in [-0.2, -0.15) is 4.72 Å². The van der Waals surface area contributed by atoms with Crippen LogP contribution in [0.4, 0.5) is 4.39 Å². The second-order valence-corrected chi connectivity index (χ2v) is 8.38. The topological polar surface area (TPSA) is 102 Å². The molecule has 0 aromatic heterocycles. The van der Waals surface area contributed by atoms with E-state index in [0.29, 0.717) is 0 Å². The van der Waals surface area contributed by atoms with Gasteiger partial charge in [0.15, 0.2) is 6.10 Å². The molecule has 2 atom stereocenters. The fraction of sp³-hybridized carbons (Fsp3) is 0.556. The highest BCUT2D eigenvalue weighted by Gasteiger charge is 2.28. The number of nitrogens with one attached hydrogen (secondary N) is 2. The van der Waals surface area contributed by atoms with Crippen molar-refractivity contribution >= 4 is 21.9 Å². The van der Waals surface area contributed by atoms with Crippen LogP contribution in [0.2, 0.25) is 0 Å². The minimum atomic E-state index is -4.24. The van der Waals surface area contributed by atoms with Gasteiger partial charge in [0.1, 0.15) is 16.8 Å². The first kappa shape index (κ1) is 21.3. The van der Waals surface area contributed by atoms with Gasteiger partial charge in [-0.25, -0.2) is 12.8 Å². The molecule has 0 bridgehead atoms. The molecule has 2 rings (SSSR count). The Bertz CT molecular complexity index is 778. The molecule has 0 saturated heterocycles. The monoisotopic (exact) mass is 400 g/mol. The second kappa shape index (κ2) is 9.27. The summed E-state index contributed by atoms with van der Waals surface area (Å²) < 4.78 is 45.2. The maximum absolute atomic E-state index is 13.7. The molecule has 1 saturated carbocycles. The lowest BCUT2D eigenvalue weighted by atomic mass is 9.95. The highest BCUT2D eigenvalue weighted by Crippen LogP contribution is 2.18. The highest BCUT2D eigenvalue weighted by atomic mass is 32.2. The van der Waals surface area contributed by atoms with Crippen LogP contribution < -0.4 is 10.0 Å². The number of halogens is 1. The predicted octanol–water partition coefficient (Wildman–Crippen LogP) is 1.87. The Labute approximate surface area is 158 Å². The van der Waals surface area contributed by atoms with Crippen LogP contribution >= 0.6 is 0 Å². The van der Waals surface area contributed by atoms with Crippen molar-refractivity contribution in [2.45, 2.75) is 69.0 Å². The van der Waals surface area contributed by atoms with Crippen molar-refractivity contribution < 1.29 is 27.1 Å². The number of carbonyl (C=O) groups excluding carboxylic acids is 2. The van der Waals surface area contributed by atoms with Crippen LogP contribution in [-0.2, 0) is 24.3 Å². The first-order valence-corrected chi connectivity index (χ1v) is 10.5. The van der Waals surface area contributed by atoms with Gasteiger partial charge in [0, 0.05) is 6.04 Å². The molecule has 1 aromatic carbocycles. The first-order valence-electron chi connectivity index (χ1n) is 8.98. The summed E-state index contributed by atoms with van der Waals surface area (Å²) >= 11 is 0. The summed E-state index contributed by atoms with van der Waals surface area (Å²) in [6.45, 7) is 2.70. The molecular formula is C18H25FN2O5S. The van der Waals surface area contributed by atoms with E-state index >= 15 is 0 Å². The number of esters is 1. The van der Waals surface area contributed by atoms with Crippen LogP contribution in [0.1, 0.15) is 46.0 Å². The molecule has 1 aliphatic rings. The van der Waals surface area contributed by atoms with Crippen molar-refractivity contribution in [1.29, 1.82) is 0 Å². The smallest absolute Gasteiger partial charge is 0.324 e. The molecule has 0 spiro atoms. The summed E-state index contributed by atoms with van der Waals surface area (Å²) in [4.78, 5) is 23.7. The van der Waals surface area contributed by atoms with Gasteiger partial charge in [0.05, 0.1) is 0 Å². The van der Waals surface area contributed by atoms with Gasteiger partial charge >= 0.3 is 5.97 Å². The van der Waals surface area contributed by atoms with Gasteiger partial charge in [-0.1, -0.05) is 31.4 Å². The van der Waals surface area contributed by atoms with Crippen molar-refractivity contribution in [3.63, 3.8) is 0 Å². The van der Waals surface area contributed by atoms with E-state index in [9.17, 15) is 22.4 Å². The third kappa shape index (κ3) is 6.00. The SMILES string of the molecule is C[C@H](NS(=O)(=O)c1ccccc1F)C(=O)O[C@H](C)C(=O)NC1CCCCC1. The lowest BCUT2D eigenvalue weighted by Gasteiger charge is -2.24. The first-order chi connectivity index (χ1) is 12.7. The number of benzene rings is 1. The molecule has 2 N–H and O–H groups in total. The fourth-order valence-electron chi connectivity index (χ4n) is 2.90. The quantitative estimate of drug-likeness (QED) is 0.681. The molecule has 0 radical (unpaired) electrons. The number of sulfonamides is 1. The minimum absolute atomic E-state index is 0.0735. The summed E-state index contributed by atoms with van der Waals surface area (Å²) in [6, 6.07) is 3.63. The van der Waals surface area contributed by atoms with E-state index in [4.69, 9.17) is 4.74 Å². The Balaban J connectivity index is 1.90. The lowest BCUT2D eigenvalue weighted by Crippen LogP contribution is -2.46. The summed E-state index contributed by atoms with van der Waals surface area (Å²) in [5.41, 5.74) is 0. The summed E-state index contributed by atoms with van der Waals surface area (Å²) in [5.74, 6) is -2.26. The fourth-order valence-corrected chi connectivity index (χ4v) is 4.17. The van der Waals surface area contributed by atoms with Gasteiger partial charge in [-0.15, -0.1) is 0 Å². The Morgan fingerprint density at radius 2 is 1.78 bits per heavy atom. The van der Waals surface area contributed by atoms with E-state index in [1.165, 1.54) is 26.0 Å². The summed E-state index contributed by atoms with van der Waals surface area (Å²) in [6.07, 6.45) is 3.98. The van der Waals surface area contributed by atoms with Crippen LogP contribution in [0.5, 0.6) is 0 Å². The Morgan fingerprint density at radius 1 is 1.15 bits per heavy atom. The number of hydrogen-bond acceptors (Lipinski definition) is 5. The van der Waals surface area contributed by atoms with Gasteiger partial charge < -0.3 is 10.1 Å². The molecule has 0 heterocycles. The molecule has 1 aromatic rings. The molecule has 0 unspecified atom stereocenters. The molecule has 0 aliphatic heterocycles. The molecule has 27 heavy (non-hydrogen) atoms. The van der Waals surface area contributed by atoms with E-state index in [2.05, 4.69) is 10.0 Å². The number of carbonyl (C=O) groups is 2.